The van der Waals surface area contributed by atoms with Crippen LogP contribution in [0.1, 0.15) is 0 Å². The van der Waals surface area contributed by atoms with Crippen LogP contribution >= 0.6 is 11.6 Å². The average molecular weight is 256 g/mol. The highest BCUT2D eigenvalue weighted by molar-refractivity contribution is 7.87. The molecule has 0 heterocycles. The van der Waals surface area contributed by atoms with Crippen LogP contribution in [0.25, 0.3) is 10.8 Å². The van der Waals surface area contributed by atoms with Crippen LogP contribution in [-0.4, -0.2) is 8.42 Å². The maximum atomic E-state index is 11.5. The van der Waals surface area contributed by atoms with Gasteiger partial charge in [-0.25, -0.2) is 0 Å². The highest BCUT2D eigenvalue weighted by atomic mass is 35.5. The highest BCUT2D eigenvalue weighted by Gasteiger charge is 2.18. The summed E-state index contributed by atoms with van der Waals surface area (Å²) in [7, 11) is -0.955. The Labute approximate surface area is 98.7 Å². The van der Waals surface area contributed by atoms with Gasteiger partial charge in [-0.1, -0.05) is 41.9 Å². The Balaban J connectivity index is 2.80. The molecular weight excluding hydrogens is 248 g/mol. The van der Waals surface area contributed by atoms with Crippen LogP contribution in [0, 0.1) is 7.11 Å². The van der Waals surface area contributed by atoms with Gasteiger partial charge in [0.2, 0.25) is 0 Å². The quantitative estimate of drug-likeness (QED) is 0.775. The molecule has 83 valence electrons. The minimum absolute atomic E-state index is 0.0668. The standard InChI is InChI=1S/C11H8ClO3S/c1-15-16(13,14)10-7-6-8-4-2-3-5-9(8)11(10)12/h2-7H,1H2. The van der Waals surface area contributed by atoms with E-state index in [-0.39, 0.29) is 9.92 Å². The Morgan fingerprint density at radius 2 is 1.81 bits per heavy atom. The first-order valence-corrected chi connectivity index (χ1v) is 6.21. The highest BCUT2D eigenvalue weighted by Crippen LogP contribution is 2.30. The summed E-state index contributed by atoms with van der Waals surface area (Å²) in [6.07, 6.45) is 0. The number of benzene rings is 2. The van der Waals surface area contributed by atoms with Gasteiger partial charge in [0.05, 0.1) is 12.1 Å². The van der Waals surface area contributed by atoms with E-state index in [1.54, 1.807) is 18.2 Å². The molecule has 0 unspecified atom stereocenters. The van der Waals surface area contributed by atoms with Crippen molar-refractivity contribution in [2.75, 3.05) is 0 Å². The molecule has 16 heavy (non-hydrogen) atoms. The van der Waals surface area contributed by atoms with Gasteiger partial charge in [0.1, 0.15) is 4.90 Å². The lowest BCUT2D eigenvalue weighted by atomic mass is 10.1. The van der Waals surface area contributed by atoms with Gasteiger partial charge >= 0.3 is 0 Å². The first-order valence-electron chi connectivity index (χ1n) is 4.42. The number of fused-ring (bicyclic) bond motifs is 1. The van der Waals surface area contributed by atoms with Crippen molar-refractivity contribution >= 4 is 32.5 Å². The van der Waals surface area contributed by atoms with Gasteiger partial charge in [-0.05, 0) is 11.5 Å². The lowest BCUT2D eigenvalue weighted by Gasteiger charge is -2.06. The zero-order valence-electron chi connectivity index (χ0n) is 8.18. The van der Waals surface area contributed by atoms with Gasteiger partial charge in [0.25, 0.3) is 10.1 Å². The van der Waals surface area contributed by atoms with Crippen molar-refractivity contribution in [2.45, 2.75) is 4.90 Å². The van der Waals surface area contributed by atoms with Crippen LogP contribution in [0.15, 0.2) is 41.3 Å². The molecule has 2 rings (SSSR count). The van der Waals surface area contributed by atoms with E-state index in [0.29, 0.717) is 5.39 Å². The fourth-order valence-corrected chi connectivity index (χ4v) is 2.68. The summed E-state index contributed by atoms with van der Waals surface area (Å²) in [4.78, 5) is -0.0668. The minimum Gasteiger partial charge on any atom is -0.264 e. The van der Waals surface area contributed by atoms with Crippen LogP contribution in [-0.2, 0) is 14.3 Å². The van der Waals surface area contributed by atoms with E-state index in [1.165, 1.54) is 6.07 Å². The minimum atomic E-state index is -3.86. The van der Waals surface area contributed by atoms with Gasteiger partial charge in [0, 0.05) is 5.39 Å². The summed E-state index contributed by atoms with van der Waals surface area (Å²) >= 11 is 6.02. The van der Waals surface area contributed by atoms with Gasteiger partial charge in [-0.3, -0.25) is 4.18 Å². The predicted molar refractivity (Wildman–Crippen MR) is 62.6 cm³/mol. The Morgan fingerprint density at radius 3 is 2.50 bits per heavy atom. The number of hydrogen-bond acceptors (Lipinski definition) is 3. The van der Waals surface area contributed by atoms with Crippen molar-refractivity contribution in [3.8, 4) is 0 Å². The molecule has 0 amide bonds. The third-order valence-corrected chi connectivity index (χ3v) is 3.96. The molecule has 0 aliphatic heterocycles. The normalized spacial score (nSPS) is 11.9. The molecule has 0 bridgehead atoms. The molecule has 1 radical (unpaired) electrons. The summed E-state index contributed by atoms with van der Waals surface area (Å²) in [6.45, 7) is 0. The van der Waals surface area contributed by atoms with E-state index in [2.05, 4.69) is 11.3 Å². The maximum Gasteiger partial charge on any atom is 0.298 e. The molecule has 0 aliphatic rings. The van der Waals surface area contributed by atoms with Crippen molar-refractivity contribution < 1.29 is 12.6 Å². The molecule has 0 atom stereocenters. The van der Waals surface area contributed by atoms with E-state index in [1.807, 2.05) is 12.1 Å². The summed E-state index contributed by atoms with van der Waals surface area (Å²) in [5, 5.41) is 1.69. The molecule has 0 N–H and O–H groups in total. The van der Waals surface area contributed by atoms with Gasteiger partial charge in [-0.15, -0.1) is 0 Å². The Hall–Kier alpha value is -1.10. The monoisotopic (exact) mass is 255 g/mol. The number of hydrogen-bond donors (Lipinski definition) is 0. The molecule has 0 saturated heterocycles. The Kier molecular flexibility index (Phi) is 2.88. The van der Waals surface area contributed by atoms with E-state index in [4.69, 9.17) is 11.6 Å². The average Bonchev–Trinajstić information content (AvgIpc) is 2.29. The molecule has 5 heteroatoms. The fraction of sp³-hybridized carbons (Fsp3) is 0. The number of halogens is 1. The first-order chi connectivity index (χ1) is 7.56. The summed E-state index contributed by atoms with van der Waals surface area (Å²) in [6, 6.07) is 10.3. The molecule has 3 nitrogen and oxygen atoms in total. The molecule has 2 aromatic carbocycles. The van der Waals surface area contributed by atoms with E-state index in [9.17, 15) is 8.42 Å². The smallest absolute Gasteiger partial charge is 0.264 e. The van der Waals surface area contributed by atoms with Gasteiger partial charge in [0.15, 0.2) is 0 Å². The van der Waals surface area contributed by atoms with Crippen molar-refractivity contribution in [3.63, 3.8) is 0 Å². The molecular formula is C11H8ClO3S. The zero-order chi connectivity index (χ0) is 11.8. The van der Waals surface area contributed by atoms with Crippen LogP contribution < -0.4 is 0 Å². The van der Waals surface area contributed by atoms with Crippen molar-refractivity contribution in [3.05, 3.63) is 48.5 Å². The lowest BCUT2D eigenvalue weighted by Crippen LogP contribution is -2.02. The third kappa shape index (κ3) is 1.80. The molecule has 0 aliphatic carbocycles. The molecule has 2 aromatic rings. The SMILES string of the molecule is [CH2]OS(=O)(=O)c1ccc2ccccc2c1Cl. The van der Waals surface area contributed by atoms with Crippen LogP contribution in [0.3, 0.4) is 0 Å². The van der Waals surface area contributed by atoms with Gasteiger partial charge < -0.3 is 0 Å². The second kappa shape index (κ2) is 4.05. The van der Waals surface area contributed by atoms with Gasteiger partial charge in [-0.2, -0.15) is 8.42 Å². The van der Waals surface area contributed by atoms with Crippen molar-refractivity contribution in [2.24, 2.45) is 0 Å². The Bertz CT molecular complexity index is 635. The van der Waals surface area contributed by atoms with E-state index in [0.717, 1.165) is 5.39 Å². The zero-order valence-corrected chi connectivity index (χ0v) is 9.75. The second-order valence-corrected chi connectivity index (χ2v) is 5.13. The Morgan fingerprint density at radius 1 is 1.12 bits per heavy atom. The first kappa shape index (κ1) is 11.4. The largest absolute Gasteiger partial charge is 0.298 e. The molecule has 0 saturated carbocycles. The summed E-state index contributed by atoms with van der Waals surface area (Å²) < 4.78 is 27.2. The van der Waals surface area contributed by atoms with Crippen LogP contribution in [0.5, 0.6) is 0 Å². The van der Waals surface area contributed by atoms with E-state index < -0.39 is 10.1 Å². The summed E-state index contributed by atoms with van der Waals surface area (Å²) in [5.41, 5.74) is 0. The van der Waals surface area contributed by atoms with E-state index >= 15 is 0 Å². The molecule has 0 spiro atoms. The lowest BCUT2D eigenvalue weighted by molar-refractivity contribution is 0.438. The van der Waals surface area contributed by atoms with Crippen molar-refractivity contribution in [1.29, 1.82) is 0 Å². The molecule has 0 aromatic heterocycles. The topological polar surface area (TPSA) is 43.4 Å². The molecule has 0 fully saturated rings. The fourth-order valence-electron chi connectivity index (χ4n) is 1.47. The summed E-state index contributed by atoms with van der Waals surface area (Å²) in [5.74, 6) is 0. The number of rotatable bonds is 2. The van der Waals surface area contributed by atoms with Crippen LogP contribution in [0.2, 0.25) is 5.02 Å². The second-order valence-electron chi connectivity index (χ2n) is 3.17. The van der Waals surface area contributed by atoms with Crippen molar-refractivity contribution in [1.82, 2.24) is 0 Å². The maximum absolute atomic E-state index is 11.5. The third-order valence-electron chi connectivity index (χ3n) is 2.25. The van der Waals surface area contributed by atoms with Crippen LogP contribution in [0.4, 0.5) is 0 Å². The predicted octanol–water partition coefficient (Wildman–Crippen LogP) is 2.99.